The van der Waals surface area contributed by atoms with Crippen molar-refractivity contribution in [3.63, 3.8) is 0 Å². The molecular formula is C20H18Cl2F3N5O2. The number of benzene rings is 1. The molecule has 0 unspecified atom stereocenters. The first-order chi connectivity index (χ1) is 15.1. The van der Waals surface area contributed by atoms with Gasteiger partial charge in [-0.25, -0.2) is 4.68 Å². The molecular weight excluding hydrogens is 470 g/mol. The first-order valence-corrected chi connectivity index (χ1v) is 10.4. The van der Waals surface area contributed by atoms with Crippen LogP contribution in [-0.4, -0.2) is 39.1 Å². The lowest BCUT2D eigenvalue weighted by Crippen LogP contribution is -2.37. The molecule has 7 nitrogen and oxygen atoms in total. The molecule has 32 heavy (non-hydrogen) atoms. The number of fused-ring (bicyclic) bond motifs is 1. The molecule has 1 amide bonds. The quantitative estimate of drug-likeness (QED) is 0.535. The molecule has 0 saturated carbocycles. The van der Waals surface area contributed by atoms with E-state index in [9.17, 15) is 18.0 Å². The Morgan fingerprint density at radius 3 is 2.66 bits per heavy atom. The predicted octanol–water partition coefficient (Wildman–Crippen LogP) is 4.69. The number of anilines is 1. The van der Waals surface area contributed by atoms with Gasteiger partial charge in [-0.1, -0.05) is 23.2 Å². The van der Waals surface area contributed by atoms with Crippen molar-refractivity contribution in [2.24, 2.45) is 0 Å². The van der Waals surface area contributed by atoms with Crippen molar-refractivity contribution in [2.75, 3.05) is 18.6 Å². The fourth-order valence-corrected chi connectivity index (χ4v) is 4.02. The third-order valence-corrected chi connectivity index (χ3v) is 6.01. The van der Waals surface area contributed by atoms with Crippen molar-refractivity contribution in [2.45, 2.75) is 32.5 Å². The van der Waals surface area contributed by atoms with Gasteiger partial charge in [0.2, 0.25) is 5.91 Å². The Hall–Kier alpha value is -2.72. The van der Waals surface area contributed by atoms with Gasteiger partial charge in [0, 0.05) is 12.6 Å². The second-order valence-electron chi connectivity index (χ2n) is 7.28. The molecule has 0 fully saturated rings. The highest BCUT2D eigenvalue weighted by molar-refractivity contribution is 6.32. The van der Waals surface area contributed by atoms with E-state index in [4.69, 9.17) is 27.9 Å². The highest BCUT2D eigenvalue weighted by Gasteiger charge is 2.38. The number of nitrogens with zero attached hydrogens (tertiary/aromatic N) is 5. The Morgan fingerprint density at radius 1 is 1.25 bits per heavy atom. The molecule has 12 heteroatoms. The minimum Gasteiger partial charge on any atom is -0.495 e. The minimum atomic E-state index is -4.70. The Labute approximate surface area is 191 Å². The Bertz CT molecular complexity index is 1190. The number of hydrogen-bond acceptors (Lipinski definition) is 4. The summed E-state index contributed by atoms with van der Waals surface area (Å²) >= 11 is 11.9. The van der Waals surface area contributed by atoms with Crippen LogP contribution >= 0.6 is 23.2 Å². The van der Waals surface area contributed by atoms with E-state index in [0.29, 0.717) is 47.2 Å². The second-order valence-corrected chi connectivity index (χ2v) is 8.06. The van der Waals surface area contributed by atoms with Crippen LogP contribution in [-0.2, 0) is 23.9 Å². The molecule has 0 saturated heterocycles. The number of rotatable bonds is 4. The van der Waals surface area contributed by atoms with Crippen LogP contribution in [0.3, 0.4) is 0 Å². The summed E-state index contributed by atoms with van der Waals surface area (Å²) < 4.78 is 47.1. The predicted molar refractivity (Wildman–Crippen MR) is 113 cm³/mol. The Morgan fingerprint density at radius 2 is 2.00 bits per heavy atom. The summed E-state index contributed by atoms with van der Waals surface area (Å²) in [6.07, 6.45) is -1.65. The highest BCUT2D eigenvalue weighted by Crippen LogP contribution is 2.36. The van der Waals surface area contributed by atoms with E-state index in [0.717, 1.165) is 4.68 Å². The molecule has 1 aliphatic heterocycles. The molecule has 170 valence electrons. The maximum Gasteiger partial charge on any atom is 0.436 e. The number of carbonyl (C=O) groups is 1. The van der Waals surface area contributed by atoms with Gasteiger partial charge >= 0.3 is 6.18 Å². The van der Waals surface area contributed by atoms with Crippen molar-refractivity contribution < 1.29 is 22.7 Å². The first kappa shape index (κ1) is 22.5. The van der Waals surface area contributed by atoms with E-state index in [1.165, 1.54) is 18.9 Å². The Balaban J connectivity index is 1.62. The monoisotopic (exact) mass is 487 g/mol. The zero-order valence-corrected chi connectivity index (χ0v) is 18.6. The van der Waals surface area contributed by atoms with Gasteiger partial charge in [0.1, 0.15) is 12.3 Å². The van der Waals surface area contributed by atoms with Crippen LogP contribution in [0, 0.1) is 6.92 Å². The van der Waals surface area contributed by atoms with E-state index in [-0.39, 0.29) is 12.2 Å². The third kappa shape index (κ3) is 4.04. The van der Waals surface area contributed by atoms with Gasteiger partial charge in [0.05, 0.1) is 46.1 Å². The van der Waals surface area contributed by atoms with Gasteiger partial charge in [-0.15, -0.1) is 0 Å². The molecule has 4 rings (SSSR count). The fourth-order valence-electron chi connectivity index (χ4n) is 3.58. The van der Waals surface area contributed by atoms with Gasteiger partial charge in [0.25, 0.3) is 0 Å². The molecule has 0 N–H and O–H groups in total. The van der Waals surface area contributed by atoms with E-state index < -0.39 is 22.8 Å². The molecule has 1 aromatic carbocycles. The molecule has 0 bridgehead atoms. The van der Waals surface area contributed by atoms with Crippen LogP contribution in [0.1, 0.15) is 23.5 Å². The smallest absolute Gasteiger partial charge is 0.436 e. The lowest BCUT2D eigenvalue weighted by molar-refractivity contribution is -0.141. The van der Waals surface area contributed by atoms with Crippen LogP contribution in [0.25, 0.3) is 5.69 Å². The number of amides is 1. The number of methoxy groups -OCH3 is 1. The number of hydrogen-bond donors (Lipinski definition) is 0. The lowest BCUT2D eigenvalue weighted by atomic mass is 10.1. The summed E-state index contributed by atoms with van der Waals surface area (Å²) in [6, 6.07) is 5.17. The van der Waals surface area contributed by atoms with Crippen molar-refractivity contribution in [3.8, 4) is 11.4 Å². The molecule has 2 aromatic heterocycles. The average Bonchev–Trinajstić information content (AvgIpc) is 3.30. The summed E-state index contributed by atoms with van der Waals surface area (Å²) in [7, 11) is 1.51. The highest BCUT2D eigenvalue weighted by atomic mass is 35.5. The maximum absolute atomic E-state index is 13.1. The standard InChI is InChI=1S/C20H18Cl2F3N5O2/c1-11-18(22)19(20(23,24)25)27-29(11)10-17(31)28-7-3-4-14-15(28)9-30(26-14)12-5-6-13(21)16(8-12)32-2/h5-6,8-9H,3-4,7,10H2,1-2H3. The number of carbonyl (C=O) groups excluding carboxylic acids is 1. The largest absolute Gasteiger partial charge is 0.495 e. The molecule has 0 atom stereocenters. The SMILES string of the molecule is COc1cc(-n2cc3c(n2)CCCN3C(=O)Cn2nc(C(F)(F)F)c(Cl)c2C)ccc1Cl. The minimum absolute atomic E-state index is 0.0773. The zero-order valence-electron chi connectivity index (χ0n) is 17.1. The van der Waals surface area contributed by atoms with E-state index in [2.05, 4.69) is 10.2 Å². The number of ether oxygens (including phenoxy) is 1. The van der Waals surface area contributed by atoms with Crippen molar-refractivity contribution in [1.29, 1.82) is 0 Å². The van der Waals surface area contributed by atoms with E-state index in [1.54, 1.807) is 29.1 Å². The number of alkyl halides is 3. The summed E-state index contributed by atoms with van der Waals surface area (Å²) in [5.74, 6) is 0.0762. The Kier molecular flexibility index (Phi) is 5.85. The van der Waals surface area contributed by atoms with Crippen molar-refractivity contribution in [3.05, 3.63) is 51.5 Å². The third-order valence-electron chi connectivity index (χ3n) is 5.24. The van der Waals surface area contributed by atoms with E-state index in [1.807, 2.05) is 0 Å². The molecule has 3 aromatic rings. The van der Waals surface area contributed by atoms with Crippen LogP contribution in [0.5, 0.6) is 5.75 Å². The fraction of sp³-hybridized carbons (Fsp3) is 0.350. The maximum atomic E-state index is 13.1. The molecule has 0 spiro atoms. The van der Waals surface area contributed by atoms with Crippen LogP contribution < -0.4 is 9.64 Å². The molecule has 0 radical (unpaired) electrons. The van der Waals surface area contributed by atoms with Crippen LogP contribution in [0.2, 0.25) is 10.0 Å². The summed E-state index contributed by atoms with van der Waals surface area (Å²) in [5, 5.41) is 8.03. The lowest BCUT2D eigenvalue weighted by Gasteiger charge is -2.26. The van der Waals surface area contributed by atoms with E-state index >= 15 is 0 Å². The number of aromatic nitrogens is 4. The summed E-state index contributed by atoms with van der Waals surface area (Å²) in [4.78, 5) is 14.5. The van der Waals surface area contributed by atoms with Crippen LogP contribution in [0.15, 0.2) is 24.4 Å². The summed E-state index contributed by atoms with van der Waals surface area (Å²) in [5.41, 5.74) is 0.881. The first-order valence-electron chi connectivity index (χ1n) is 9.63. The van der Waals surface area contributed by atoms with Gasteiger partial charge in [0.15, 0.2) is 5.69 Å². The zero-order chi connectivity index (χ0) is 23.2. The van der Waals surface area contributed by atoms with Gasteiger partial charge in [-0.3, -0.25) is 9.48 Å². The van der Waals surface area contributed by atoms with Crippen molar-refractivity contribution in [1.82, 2.24) is 19.6 Å². The van der Waals surface area contributed by atoms with Crippen molar-refractivity contribution >= 4 is 34.8 Å². The average molecular weight is 488 g/mol. The molecule has 0 aliphatic carbocycles. The molecule has 1 aliphatic rings. The number of halogens is 5. The normalized spacial score (nSPS) is 13.9. The van der Waals surface area contributed by atoms with Gasteiger partial charge in [-0.2, -0.15) is 23.4 Å². The van der Waals surface area contributed by atoms with Gasteiger partial charge in [-0.05, 0) is 31.9 Å². The second kappa shape index (κ2) is 8.32. The van der Waals surface area contributed by atoms with Gasteiger partial charge < -0.3 is 9.64 Å². The summed E-state index contributed by atoms with van der Waals surface area (Å²) in [6.45, 7) is 1.44. The van der Waals surface area contributed by atoms with Crippen LogP contribution in [0.4, 0.5) is 18.9 Å². The number of aryl methyl sites for hydroxylation is 1. The topological polar surface area (TPSA) is 65.2 Å². The molecule has 3 heterocycles.